The second kappa shape index (κ2) is 4.84. The van der Waals surface area contributed by atoms with Crippen molar-refractivity contribution in [2.45, 2.75) is 25.7 Å². The third-order valence-corrected chi connectivity index (χ3v) is 3.51. The van der Waals surface area contributed by atoms with E-state index < -0.39 is 0 Å². The predicted molar refractivity (Wildman–Crippen MR) is 69.6 cm³/mol. The van der Waals surface area contributed by atoms with E-state index in [1.54, 1.807) is 18.2 Å². The van der Waals surface area contributed by atoms with Gasteiger partial charge in [-0.2, -0.15) is 0 Å². The number of anilines is 1. The Morgan fingerprint density at radius 2 is 2.11 bits per heavy atom. The second-order valence-electron chi connectivity index (χ2n) is 4.84. The summed E-state index contributed by atoms with van der Waals surface area (Å²) < 4.78 is 5.19. The standard InChI is InChI=1S/C14H14N2O3/c17-11-4-1-9(2-5-11)14(18)16-10-3-6-12-13(7-10)19-8-15-12/h3,6-9H,1-2,4-5H2,(H,16,18). The molecule has 0 spiro atoms. The van der Waals surface area contributed by atoms with E-state index in [1.807, 2.05) is 0 Å². The number of carbonyl (C=O) groups is 2. The van der Waals surface area contributed by atoms with Crippen LogP contribution in [0.25, 0.3) is 11.1 Å². The van der Waals surface area contributed by atoms with Crippen LogP contribution in [0.4, 0.5) is 5.69 Å². The first-order valence-corrected chi connectivity index (χ1v) is 6.38. The Hall–Kier alpha value is -2.17. The number of aromatic nitrogens is 1. The van der Waals surface area contributed by atoms with Crippen molar-refractivity contribution in [3.05, 3.63) is 24.6 Å². The Balaban J connectivity index is 1.70. The normalized spacial score (nSPS) is 16.7. The van der Waals surface area contributed by atoms with Crippen LogP contribution in [0, 0.1) is 5.92 Å². The maximum Gasteiger partial charge on any atom is 0.227 e. The topological polar surface area (TPSA) is 72.2 Å². The number of Topliss-reactive ketones (excluding diaryl/α,β-unsaturated/α-hetero) is 1. The number of fused-ring (bicyclic) bond motifs is 1. The van der Waals surface area contributed by atoms with Crippen LogP contribution >= 0.6 is 0 Å². The van der Waals surface area contributed by atoms with Crippen molar-refractivity contribution in [3.8, 4) is 0 Å². The summed E-state index contributed by atoms with van der Waals surface area (Å²) >= 11 is 0. The van der Waals surface area contributed by atoms with E-state index in [2.05, 4.69) is 10.3 Å². The van der Waals surface area contributed by atoms with Gasteiger partial charge < -0.3 is 9.73 Å². The molecule has 1 aliphatic rings. The van der Waals surface area contributed by atoms with Gasteiger partial charge in [0.15, 0.2) is 12.0 Å². The lowest BCUT2D eigenvalue weighted by atomic mass is 9.88. The van der Waals surface area contributed by atoms with Gasteiger partial charge in [0.1, 0.15) is 11.3 Å². The number of benzene rings is 1. The van der Waals surface area contributed by atoms with Crippen molar-refractivity contribution in [1.82, 2.24) is 4.98 Å². The van der Waals surface area contributed by atoms with Crippen LogP contribution in [0.2, 0.25) is 0 Å². The number of hydrogen-bond donors (Lipinski definition) is 1. The van der Waals surface area contributed by atoms with E-state index in [-0.39, 0.29) is 17.6 Å². The molecular formula is C14H14N2O3. The second-order valence-corrected chi connectivity index (χ2v) is 4.84. The fourth-order valence-electron chi connectivity index (χ4n) is 2.38. The van der Waals surface area contributed by atoms with Crippen LogP contribution < -0.4 is 5.32 Å². The van der Waals surface area contributed by atoms with Gasteiger partial charge in [0, 0.05) is 30.5 Å². The predicted octanol–water partition coefficient (Wildman–Crippen LogP) is 2.53. The molecule has 1 amide bonds. The molecule has 2 aromatic rings. The molecule has 0 unspecified atom stereocenters. The quantitative estimate of drug-likeness (QED) is 0.898. The summed E-state index contributed by atoms with van der Waals surface area (Å²) in [5.74, 6) is 0.168. The Bertz CT molecular complexity index is 622. The highest BCUT2D eigenvalue weighted by Gasteiger charge is 2.24. The van der Waals surface area contributed by atoms with Crippen molar-refractivity contribution in [1.29, 1.82) is 0 Å². The minimum atomic E-state index is -0.0666. The number of nitrogens with zero attached hydrogens (tertiary/aromatic N) is 1. The molecule has 0 atom stereocenters. The molecule has 0 saturated heterocycles. The van der Waals surface area contributed by atoms with Crippen LogP contribution in [-0.4, -0.2) is 16.7 Å². The zero-order valence-corrected chi connectivity index (χ0v) is 10.4. The average molecular weight is 258 g/mol. The highest BCUT2D eigenvalue weighted by atomic mass is 16.3. The Kier molecular flexibility index (Phi) is 3.03. The largest absolute Gasteiger partial charge is 0.443 e. The van der Waals surface area contributed by atoms with E-state index in [1.165, 1.54) is 6.39 Å². The van der Waals surface area contributed by atoms with Crippen LogP contribution in [0.5, 0.6) is 0 Å². The molecule has 3 rings (SSSR count). The molecule has 5 heteroatoms. The molecule has 1 N–H and O–H groups in total. The van der Waals surface area contributed by atoms with Crippen LogP contribution in [0.15, 0.2) is 29.0 Å². The monoisotopic (exact) mass is 258 g/mol. The van der Waals surface area contributed by atoms with Gasteiger partial charge in [-0.05, 0) is 25.0 Å². The average Bonchev–Trinajstić information content (AvgIpc) is 2.87. The lowest BCUT2D eigenvalue weighted by Crippen LogP contribution is -2.27. The smallest absolute Gasteiger partial charge is 0.227 e. The lowest BCUT2D eigenvalue weighted by Gasteiger charge is -2.20. The van der Waals surface area contributed by atoms with E-state index in [9.17, 15) is 9.59 Å². The fraction of sp³-hybridized carbons (Fsp3) is 0.357. The number of oxazole rings is 1. The summed E-state index contributed by atoms with van der Waals surface area (Å²) in [5, 5.41) is 2.87. The van der Waals surface area contributed by atoms with E-state index in [0.717, 1.165) is 5.52 Å². The summed E-state index contributed by atoms with van der Waals surface area (Å²) in [6.45, 7) is 0. The number of rotatable bonds is 2. The Morgan fingerprint density at radius 1 is 1.32 bits per heavy atom. The fourth-order valence-corrected chi connectivity index (χ4v) is 2.38. The molecular weight excluding hydrogens is 244 g/mol. The van der Waals surface area contributed by atoms with Crippen molar-refractivity contribution in [2.24, 2.45) is 5.92 Å². The van der Waals surface area contributed by atoms with Crippen LogP contribution in [-0.2, 0) is 9.59 Å². The van der Waals surface area contributed by atoms with Gasteiger partial charge in [-0.3, -0.25) is 9.59 Å². The van der Waals surface area contributed by atoms with E-state index in [0.29, 0.717) is 37.0 Å². The molecule has 1 fully saturated rings. The molecule has 1 aromatic carbocycles. The first-order valence-electron chi connectivity index (χ1n) is 6.38. The van der Waals surface area contributed by atoms with Crippen LogP contribution in [0.1, 0.15) is 25.7 Å². The van der Waals surface area contributed by atoms with Gasteiger partial charge in [-0.1, -0.05) is 0 Å². The summed E-state index contributed by atoms with van der Waals surface area (Å²) in [6, 6.07) is 5.36. The Labute approximate surface area is 110 Å². The highest BCUT2D eigenvalue weighted by molar-refractivity contribution is 5.95. The third-order valence-electron chi connectivity index (χ3n) is 3.51. The summed E-state index contributed by atoms with van der Waals surface area (Å²) in [7, 11) is 0. The lowest BCUT2D eigenvalue weighted by molar-refractivity contribution is -0.125. The molecule has 1 aromatic heterocycles. The SMILES string of the molecule is O=C1CCC(C(=O)Nc2ccc3ncoc3c2)CC1. The summed E-state index contributed by atoms with van der Waals surface area (Å²) in [6.07, 6.45) is 3.70. The molecule has 98 valence electrons. The maximum absolute atomic E-state index is 12.1. The molecule has 0 aliphatic heterocycles. The van der Waals surface area contributed by atoms with Gasteiger partial charge in [0.05, 0.1) is 0 Å². The number of amides is 1. The van der Waals surface area contributed by atoms with Crippen molar-refractivity contribution in [3.63, 3.8) is 0 Å². The molecule has 0 bridgehead atoms. The maximum atomic E-state index is 12.1. The van der Waals surface area contributed by atoms with Crippen molar-refractivity contribution >= 4 is 28.5 Å². The Morgan fingerprint density at radius 3 is 2.89 bits per heavy atom. The molecule has 1 saturated carbocycles. The minimum absolute atomic E-state index is 0.0219. The van der Waals surface area contributed by atoms with Gasteiger partial charge >= 0.3 is 0 Å². The third kappa shape index (κ3) is 2.50. The van der Waals surface area contributed by atoms with Crippen LogP contribution in [0.3, 0.4) is 0 Å². The summed E-state index contributed by atoms with van der Waals surface area (Å²) in [5.41, 5.74) is 2.11. The number of nitrogens with one attached hydrogen (secondary N) is 1. The minimum Gasteiger partial charge on any atom is -0.443 e. The van der Waals surface area contributed by atoms with Crippen molar-refractivity contribution in [2.75, 3.05) is 5.32 Å². The number of hydrogen-bond acceptors (Lipinski definition) is 4. The van der Waals surface area contributed by atoms with E-state index in [4.69, 9.17) is 4.42 Å². The van der Waals surface area contributed by atoms with Crippen molar-refractivity contribution < 1.29 is 14.0 Å². The zero-order valence-electron chi connectivity index (χ0n) is 10.4. The molecule has 5 nitrogen and oxygen atoms in total. The highest BCUT2D eigenvalue weighted by Crippen LogP contribution is 2.24. The van der Waals surface area contributed by atoms with E-state index >= 15 is 0 Å². The van der Waals surface area contributed by atoms with Gasteiger partial charge in [-0.25, -0.2) is 4.98 Å². The molecule has 0 radical (unpaired) electrons. The number of carbonyl (C=O) groups excluding carboxylic acids is 2. The van der Waals surface area contributed by atoms with Gasteiger partial charge in [0.2, 0.25) is 5.91 Å². The molecule has 19 heavy (non-hydrogen) atoms. The summed E-state index contributed by atoms with van der Waals surface area (Å²) in [4.78, 5) is 27.3. The zero-order chi connectivity index (χ0) is 13.2. The van der Waals surface area contributed by atoms with Gasteiger partial charge in [0.25, 0.3) is 0 Å². The first kappa shape index (κ1) is 11.9. The molecule has 1 aliphatic carbocycles. The van der Waals surface area contributed by atoms with Gasteiger partial charge in [-0.15, -0.1) is 0 Å². The number of ketones is 1. The molecule has 1 heterocycles. The first-order chi connectivity index (χ1) is 9.22.